The molecular formula is C19H16ClF3N2. The summed E-state index contributed by atoms with van der Waals surface area (Å²) in [6.07, 6.45) is -4.39. The second kappa shape index (κ2) is 6.56. The summed E-state index contributed by atoms with van der Waals surface area (Å²) in [5, 5.41) is 1.31. The van der Waals surface area contributed by atoms with Crippen molar-refractivity contribution in [1.29, 1.82) is 0 Å². The Morgan fingerprint density at radius 3 is 2.32 bits per heavy atom. The molecule has 0 aliphatic heterocycles. The smallest absolute Gasteiger partial charge is 0.341 e. The summed E-state index contributed by atoms with van der Waals surface area (Å²) in [7, 11) is 0. The summed E-state index contributed by atoms with van der Waals surface area (Å²) in [5.74, 6) is 0. The summed E-state index contributed by atoms with van der Waals surface area (Å²) in [5.41, 5.74) is 2.03. The Kier molecular flexibility index (Phi) is 4.60. The number of hydrogen-bond acceptors (Lipinski definition) is 2. The van der Waals surface area contributed by atoms with E-state index in [9.17, 15) is 13.2 Å². The van der Waals surface area contributed by atoms with Crippen LogP contribution >= 0.6 is 11.6 Å². The van der Waals surface area contributed by atoms with Crippen molar-refractivity contribution in [3.63, 3.8) is 0 Å². The first-order valence-corrected chi connectivity index (χ1v) is 8.19. The summed E-state index contributed by atoms with van der Waals surface area (Å²) in [6, 6.07) is 12.9. The maximum absolute atomic E-state index is 13.0. The van der Waals surface area contributed by atoms with Gasteiger partial charge in [-0.3, -0.25) is 4.98 Å². The molecule has 0 aliphatic rings. The standard InChI is InChI=1S/C19H16ClF3N2/c1-3-25(15-7-5-14(20)6-8-15)18-10-12(2)24-17-11-13(19(21,22)23)4-9-16(17)18/h4-11H,3H2,1-2H3. The SMILES string of the molecule is CCN(c1ccc(Cl)cc1)c1cc(C)nc2cc(C(F)(F)F)ccc12. The van der Waals surface area contributed by atoms with E-state index in [0.717, 1.165) is 23.5 Å². The molecular weight excluding hydrogens is 349 g/mol. The zero-order chi connectivity index (χ0) is 18.2. The molecule has 0 fully saturated rings. The number of nitrogens with zero attached hydrogens (tertiary/aromatic N) is 2. The first-order valence-electron chi connectivity index (χ1n) is 7.81. The fraction of sp³-hybridized carbons (Fsp3) is 0.211. The van der Waals surface area contributed by atoms with Crippen LogP contribution in [0.1, 0.15) is 18.2 Å². The van der Waals surface area contributed by atoms with Gasteiger partial charge >= 0.3 is 6.18 Å². The summed E-state index contributed by atoms with van der Waals surface area (Å²) in [4.78, 5) is 6.32. The molecule has 25 heavy (non-hydrogen) atoms. The minimum Gasteiger partial charge on any atom is -0.341 e. The van der Waals surface area contributed by atoms with Crippen molar-refractivity contribution < 1.29 is 13.2 Å². The van der Waals surface area contributed by atoms with E-state index in [1.807, 2.05) is 30.0 Å². The Morgan fingerprint density at radius 2 is 1.72 bits per heavy atom. The van der Waals surface area contributed by atoms with E-state index in [4.69, 9.17) is 11.6 Å². The third kappa shape index (κ3) is 3.56. The van der Waals surface area contributed by atoms with Crippen LogP contribution in [0.3, 0.4) is 0 Å². The van der Waals surface area contributed by atoms with Gasteiger partial charge in [-0.15, -0.1) is 0 Å². The van der Waals surface area contributed by atoms with E-state index in [-0.39, 0.29) is 0 Å². The van der Waals surface area contributed by atoms with Crippen LogP contribution in [0.15, 0.2) is 48.5 Å². The van der Waals surface area contributed by atoms with Crippen molar-refractivity contribution in [2.24, 2.45) is 0 Å². The largest absolute Gasteiger partial charge is 0.416 e. The lowest BCUT2D eigenvalue weighted by atomic mass is 10.1. The molecule has 0 amide bonds. The van der Waals surface area contributed by atoms with Gasteiger partial charge in [-0.2, -0.15) is 13.2 Å². The quantitative estimate of drug-likeness (QED) is 0.536. The molecule has 2 aromatic carbocycles. The Hall–Kier alpha value is -2.27. The first kappa shape index (κ1) is 17.5. The lowest BCUT2D eigenvalue weighted by molar-refractivity contribution is -0.137. The predicted molar refractivity (Wildman–Crippen MR) is 95.6 cm³/mol. The van der Waals surface area contributed by atoms with Crippen molar-refractivity contribution in [3.05, 3.63) is 64.8 Å². The lowest BCUT2D eigenvalue weighted by Gasteiger charge is -2.25. The molecule has 1 heterocycles. The van der Waals surface area contributed by atoms with Gasteiger partial charge in [0, 0.05) is 28.3 Å². The van der Waals surface area contributed by atoms with Gasteiger partial charge in [-0.25, -0.2) is 0 Å². The van der Waals surface area contributed by atoms with E-state index in [0.29, 0.717) is 28.2 Å². The molecule has 0 unspecified atom stereocenters. The van der Waals surface area contributed by atoms with Crippen LogP contribution in [0, 0.1) is 6.92 Å². The van der Waals surface area contributed by atoms with Crippen LogP contribution in [-0.2, 0) is 6.18 Å². The number of alkyl halides is 3. The molecule has 3 rings (SSSR count). The number of pyridine rings is 1. The molecule has 0 spiro atoms. The molecule has 1 aromatic heterocycles. The van der Waals surface area contributed by atoms with Crippen molar-refractivity contribution in [3.8, 4) is 0 Å². The number of fused-ring (bicyclic) bond motifs is 1. The maximum atomic E-state index is 13.0. The molecule has 0 saturated heterocycles. The van der Waals surface area contributed by atoms with Gasteiger partial charge in [0.1, 0.15) is 0 Å². The fourth-order valence-corrected chi connectivity index (χ4v) is 2.98. The van der Waals surface area contributed by atoms with Crippen molar-refractivity contribution in [2.75, 3.05) is 11.4 Å². The van der Waals surface area contributed by atoms with E-state index < -0.39 is 11.7 Å². The average Bonchev–Trinajstić information content (AvgIpc) is 2.55. The number of aryl methyl sites for hydroxylation is 1. The molecule has 0 atom stereocenters. The molecule has 0 N–H and O–H groups in total. The molecule has 6 heteroatoms. The van der Waals surface area contributed by atoms with Gasteiger partial charge < -0.3 is 4.90 Å². The van der Waals surface area contributed by atoms with Crippen LogP contribution in [0.5, 0.6) is 0 Å². The Labute approximate surface area is 148 Å². The molecule has 0 saturated carbocycles. The molecule has 0 radical (unpaired) electrons. The fourth-order valence-electron chi connectivity index (χ4n) is 2.85. The first-order chi connectivity index (χ1) is 11.8. The number of halogens is 4. The molecule has 3 aromatic rings. The third-order valence-electron chi connectivity index (χ3n) is 3.99. The van der Waals surface area contributed by atoms with Crippen LogP contribution in [-0.4, -0.2) is 11.5 Å². The minimum atomic E-state index is -4.39. The zero-order valence-corrected chi connectivity index (χ0v) is 14.5. The monoisotopic (exact) mass is 364 g/mol. The van der Waals surface area contributed by atoms with Crippen molar-refractivity contribution >= 4 is 33.9 Å². The highest BCUT2D eigenvalue weighted by molar-refractivity contribution is 6.30. The van der Waals surface area contributed by atoms with Gasteiger partial charge in [0.25, 0.3) is 0 Å². The lowest BCUT2D eigenvalue weighted by Crippen LogP contribution is -2.17. The molecule has 2 nitrogen and oxygen atoms in total. The second-order valence-corrected chi connectivity index (χ2v) is 6.17. The Bertz CT molecular complexity index is 905. The average molecular weight is 365 g/mol. The molecule has 0 bridgehead atoms. The van der Waals surface area contributed by atoms with Crippen LogP contribution in [0.4, 0.5) is 24.5 Å². The van der Waals surface area contributed by atoms with Gasteiger partial charge in [0.15, 0.2) is 0 Å². The maximum Gasteiger partial charge on any atom is 0.416 e. The van der Waals surface area contributed by atoms with Crippen LogP contribution < -0.4 is 4.90 Å². The third-order valence-corrected chi connectivity index (χ3v) is 4.24. The van der Waals surface area contributed by atoms with E-state index in [1.165, 1.54) is 6.07 Å². The molecule has 130 valence electrons. The normalized spacial score (nSPS) is 11.8. The van der Waals surface area contributed by atoms with Gasteiger partial charge in [0.05, 0.1) is 16.8 Å². The van der Waals surface area contributed by atoms with Crippen LogP contribution in [0.2, 0.25) is 5.02 Å². The minimum absolute atomic E-state index is 0.331. The van der Waals surface area contributed by atoms with Crippen LogP contribution in [0.25, 0.3) is 10.9 Å². The van der Waals surface area contributed by atoms with Gasteiger partial charge in [-0.1, -0.05) is 17.7 Å². The van der Waals surface area contributed by atoms with E-state index in [2.05, 4.69) is 4.98 Å². The number of benzene rings is 2. The summed E-state index contributed by atoms with van der Waals surface area (Å²) in [6.45, 7) is 4.42. The van der Waals surface area contributed by atoms with Crippen molar-refractivity contribution in [1.82, 2.24) is 4.98 Å². The van der Waals surface area contributed by atoms with Gasteiger partial charge in [-0.05, 0) is 56.3 Å². The zero-order valence-electron chi connectivity index (χ0n) is 13.7. The highest BCUT2D eigenvalue weighted by atomic mass is 35.5. The highest BCUT2D eigenvalue weighted by Crippen LogP contribution is 2.36. The molecule has 0 aliphatic carbocycles. The topological polar surface area (TPSA) is 16.1 Å². The van der Waals surface area contributed by atoms with Crippen molar-refractivity contribution in [2.45, 2.75) is 20.0 Å². The summed E-state index contributed by atoms with van der Waals surface area (Å²) < 4.78 is 39.0. The highest BCUT2D eigenvalue weighted by Gasteiger charge is 2.31. The number of rotatable bonds is 3. The Morgan fingerprint density at radius 1 is 1.04 bits per heavy atom. The second-order valence-electron chi connectivity index (χ2n) is 5.73. The number of aromatic nitrogens is 1. The number of hydrogen-bond donors (Lipinski definition) is 0. The number of anilines is 2. The predicted octanol–water partition coefficient (Wildman–Crippen LogP) is 6.37. The summed E-state index contributed by atoms with van der Waals surface area (Å²) >= 11 is 5.95. The van der Waals surface area contributed by atoms with E-state index >= 15 is 0 Å². The van der Waals surface area contributed by atoms with Gasteiger partial charge in [0.2, 0.25) is 0 Å². The Balaban J connectivity index is 2.18. The van der Waals surface area contributed by atoms with E-state index in [1.54, 1.807) is 19.1 Å².